The molecule has 0 unspecified atom stereocenters. The molecule has 106 valence electrons. The number of nitrogens with zero attached hydrogens (tertiary/aromatic N) is 2. The molecule has 0 spiro atoms. The van der Waals surface area contributed by atoms with Crippen molar-refractivity contribution >= 4 is 22.5 Å². The maximum atomic E-state index is 11.0. The van der Waals surface area contributed by atoms with E-state index in [1.54, 1.807) is 0 Å². The zero-order valence-electron chi connectivity index (χ0n) is 12.3. The summed E-state index contributed by atoms with van der Waals surface area (Å²) in [7, 11) is 4.16. The van der Waals surface area contributed by atoms with Crippen LogP contribution in [0.2, 0.25) is 0 Å². The average molecular weight is 271 g/mol. The van der Waals surface area contributed by atoms with Crippen LogP contribution < -0.4 is 5.32 Å². The second kappa shape index (κ2) is 6.48. The summed E-state index contributed by atoms with van der Waals surface area (Å²) in [4.78, 5) is 17.9. The Balaban J connectivity index is 2.12. The zero-order chi connectivity index (χ0) is 14.5. The molecule has 4 heteroatoms. The fraction of sp³-hybridized carbons (Fsp3) is 0.375. The molecule has 1 amide bonds. The number of hydrogen-bond acceptors (Lipinski definition) is 3. The van der Waals surface area contributed by atoms with Gasteiger partial charge in [-0.3, -0.25) is 9.78 Å². The maximum absolute atomic E-state index is 11.0. The van der Waals surface area contributed by atoms with E-state index in [0.717, 1.165) is 41.7 Å². The number of pyridine rings is 1. The Labute approximate surface area is 119 Å². The number of carbonyl (C=O) groups excluding carboxylic acids is 1. The van der Waals surface area contributed by atoms with Crippen LogP contribution in [0.4, 0.5) is 5.69 Å². The van der Waals surface area contributed by atoms with Crippen molar-refractivity contribution < 1.29 is 4.79 Å². The number of aryl methyl sites for hydroxylation is 1. The van der Waals surface area contributed by atoms with Gasteiger partial charge in [0.25, 0.3) is 0 Å². The van der Waals surface area contributed by atoms with Crippen LogP contribution >= 0.6 is 0 Å². The van der Waals surface area contributed by atoms with Crippen LogP contribution in [0, 0.1) is 0 Å². The monoisotopic (exact) mass is 271 g/mol. The molecule has 0 radical (unpaired) electrons. The second-order valence-corrected chi connectivity index (χ2v) is 5.30. The van der Waals surface area contributed by atoms with Crippen LogP contribution in [0.25, 0.3) is 10.9 Å². The van der Waals surface area contributed by atoms with Gasteiger partial charge in [-0.1, -0.05) is 6.07 Å². The molecule has 2 aromatic rings. The van der Waals surface area contributed by atoms with Crippen molar-refractivity contribution in [2.75, 3.05) is 26.0 Å². The number of benzene rings is 1. The summed E-state index contributed by atoms with van der Waals surface area (Å²) in [5.74, 6) is -0.0578. The van der Waals surface area contributed by atoms with Crippen molar-refractivity contribution in [3.63, 3.8) is 0 Å². The lowest BCUT2D eigenvalue weighted by Gasteiger charge is -2.09. The molecule has 1 N–H and O–H groups in total. The molecule has 20 heavy (non-hydrogen) atoms. The number of hydrogen-bond donors (Lipinski definition) is 1. The van der Waals surface area contributed by atoms with E-state index in [2.05, 4.69) is 41.4 Å². The number of anilines is 1. The molecule has 0 aliphatic heterocycles. The number of aromatic nitrogens is 1. The largest absolute Gasteiger partial charge is 0.326 e. The highest BCUT2D eigenvalue weighted by atomic mass is 16.1. The lowest BCUT2D eigenvalue weighted by Crippen LogP contribution is -2.13. The smallest absolute Gasteiger partial charge is 0.221 e. The lowest BCUT2D eigenvalue weighted by atomic mass is 10.1. The normalized spacial score (nSPS) is 11.0. The minimum Gasteiger partial charge on any atom is -0.326 e. The Bertz CT molecular complexity index is 608. The fourth-order valence-electron chi connectivity index (χ4n) is 2.16. The number of rotatable bonds is 5. The number of nitrogens with one attached hydrogen (secondary N) is 1. The highest BCUT2D eigenvalue weighted by Crippen LogP contribution is 2.18. The van der Waals surface area contributed by atoms with Crippen molar-refractivity contribution in [3.05, 3.63) is 36.0 Å². The highest BCUT2D eigenvalue weighted by Gasteiger charge is 2.02. The van der Waals surface area contributed by atoms with E-state index in [-0.39, 0.29) is 5.91 Å². The molecule has 0 atom stereocenters. The van der Waals surface area contributed by atoms with Gasteiger partial charge in [0.05, 0.1) is 5.52 Å². The van der Waals surface area contributed by atoms with E-state index in [9.17, 15) is 4.79 Å². The first-order chi connectivity index (χ1) is 9.54. The first kappa shape index (κ1) is 14.5. The zero-order valence-corrected chi connectivity index (χ0v) is 12.3. The van der Waals surface area contributed by atoms with Crippen molar-refractivity contribution in [3.8, 4) is 0 Å². The van der Waals surface area contributed by atoms with E-state index in [4.69, 9.17) is 0 Å². The Morgan fingerprint density at radius 2 is 2.05 bits per heavy atom. The van der Waals surface area contributed by atoms with Crippen LogP contribution in [0.1, 0.15) is 19.0 Å². The lowest BCUT2D eigenvalue weighted by molar-refractivity contribution is -0.114. The Hall–Kier alpha value is -1.94. The summed E-state index contributed by atoms with van der Waals surface area (Å²) in [6.07, 6.45) is 2.09. The summed E-state index contributed by atoms with van der Waals surface area (Å²) in [5, 5.41) is 3.83. The number of fused-ring (bicyclic) bond motifs is 1. The molecule has 2 rings (SSSR count). The van der Waals surface area contributed by atoms with Gasteiger partial charge in [0.2, 0.25) is 5.91 Å². The van der Waals surface area contributed by atoms with E-state index in [1.165, 1.54) is 6.92 Å². The molecule has 0 saturated carbocycles. The highest BCUT2D eigenvalue weighted by molar-refractivity contribution is 5.92. The molecular formula is C16H21N3O. The third-order valence-electron chi connectivity index (χ3n) is 3.11. The standard InChI is InChI=1S/C16H21N3O/c1-12(20)17-15-8-9-16-13(11-15)6-7-14(18-16)5-4-10-19(2)3/h6-9,11H,4-5,10H2,1-3H3,(H,17,20). The molecule has 0 aliphatic carbocycles. The molecule has 0 fully saturated rings. The van der Waals surface area contributed by atoms with Crippen LogP contribution in [-0.2, 0) is 11.2 Å². The van der Waals surface area contributed by atoms with Crippen molar-refractivity contribution in [1.29, 1.82) is 0 Å². The van der Waals surface area contributed by atoms with E-state index in [0.29, 0.717) is 0 Å². The summed E-state index contributed by atoms with van der Waals surface area (Å²) >= 11 is 0. The fourth-order valence-corrected chi connectivity index (χ4v) is 2.16. The van der Waals surface area contributed by atoms with Gasteiger partial charge < -0.3 is 10.2 Å². The van der Waals surface area contributed by atoms with Gasteiger partial charge in [0, 0.05) is 23.7 Å². The summed E-state index contributed by atoms with van der Waals surface area (Å²) in [6.45, 7) is 2.58. The predicted molar refractivity (Wildman–Crippen MR) is 82.9 cm³/mol. The maximum Gasteiger partial charge on any atom is 0.221 e. The van der Waals surface area contributed by atoms with Gasteiger partial charge in [-0.05, 0) is 57.7 Å². The Morgan fingerprint density at radius 3 is 2.75 bits per heavy atom. The predicted octanol–water partition coefficient (Wildman–Crippen LogP) is 2.69. The molecule has 1 heterocycles. The quantitative estimate of drug-likeness (QED) is 0.909. The molecule has 1 aromatic carbocycles. The molecular weight excluding hydrogens is 250 g/mol. The Morgan fingerprint density at radius 1 is 1.25 bits per heavy atom. The minimum absolute atomic E-state index is 0.0578. The molecule has 0 aliphatic rings. The Kier molecular flexibility index (Phi) is 4.69. The molecule has 0 bridgehead atoms. The van der Waals surface area contributed by atoms with Crippen LogP contribution in [0.3, 0.4) is 0 Å². The van der Waals surface area contributed by atoms with Crippen molar-refractivity contribution in [2.24, 2.45) is 0 Å². The molecule has 1 aromatic heterocycles. The first-order valence-corrected chi connectivity index (χ1v) is 6.86. The third-order valence-corrected chi connectivity index (χ3v) is 3.11. The van der Waals surface area contributed by atoms with Gasteiger partial charge in [-0.2, -0.15) is 0 Å². The van der Waals surface area contributed by atoms with E-state index in [1.807, 2.05) is 18.2 Å². The summed E-state index contributed by atoms with van der Waals surface area (Å²) < 4.78 is 0. The second-order valence-electron chi connectivity index (χ2n) is 5.30. The first-order valence-electron chi connectivity index (χ1n) is 6.86. The number of carbonyl (C=O) groups is 1. The van der Waals surface area contributed by atoms with Crippen molar-refractivity contribution in [1.82, 2.24) is 9.88 Å². The minimum atomic E-state index is -0.0578. The van der Waals surface area contributed by atoms with Gasteiger partial charge >= 0.3 is 0 Å². The van der Waals surface area contributed by atoms with Crippen molar-refractivity contribution in [2.45, 2.75) is 19.8 Å². The molecule has 0 saturated heterocycles. The van der Waals surface area contributed by atoms with Gasteiger partial charge in [-0.25, -0.2) is 0 Å². The average Bonchev–Trinajstić information content (AvgIpc) is 2.37. The van der Waals surface area contributed by atoms with E-state index < -0.39 is 0 Å². The van der Waals surface area contributed by atoms with Crippen LogP contribution in [0.15, 0.2) is 30.3 Å². The summed E-state index contributed by atoms with van der Waals surface area (Å²) in [6, 6.07) is 9.93. The van der Waals surface area contributed by atoms with Gasteiger partial charge in [0.15, 0.2) is 0 Å². The summed E-state index contributed by atoms with van der Waals surface area (Å²) in [5.41, 5.74) is 2.90. The number of amides is 1. The topological polar surface area (TPSA) is 45.2 Å². The van der Waals surface area contributed by atoms with E-state index >= 15 is 0 Å². The third kappa shape index (κ3) is 4.03. The van der Waals surface area contributed by atoms with Gasteiger partial charge in [-0.15, -0.1) is 0 Å². The molecule has 4 nitrogen and oxygen atoms in total. The van der Waals surface area contributed by atoms with Crippen LogP contribution in [0.5, 0.6) is 0 Å². The SMILES string of the molecule is CC(=O)Nc1ccc2nc(CCCN(C)C)ccc2c1. The van der Waals surface area contributed by atoms with Crippen LogP contribution in [-0.4, -0.2) is 36.4 Å². The van der Waals surface area contributed by atoms with Gasteiger partial charge in [0.1, 0.15) is 0 Å².